The SMILES string of the molecule is CC#CC=CC(C)(C)C. The van der Waals surface area contributed by atoms with E-state index in [2.05, 4.69) is 38.7 Å². The van der Waals surface area contributed by atoms with Gasteiger partial charge in [-0.15, -0.1) is 5.92 Å². The molecule has 0 rings (SSSR count). The van der Waals surface area contributed by atoms with Gasteiger partial charge in [0.15, 0.2) is 0 Å². The van der Waals surface area contributed by atoms with Gasteiger partial charge in [0.25, 0.3) is 0 Å². The van der Waals surface area contributed by atoms with E-state index in [0.29, 0.717) is 0 Å². The Morgan fingerprint density at radius 1 is 1.22 bits per heavy atom. The summed E-state index contributed by atoms with van der Waals surface area (Å²) in [5.74, 6) is 5.68. The summed E-state index contributed by atoms with van der Waals surface area (Å²) < 4.78 is 0. The molecule has 0 spiro atoms. The highest BCUT2D eigenvalue weighted by Crippen LogP contribution is 2.13. The first kappa shape index (κ1) is 8.30. The molecule has 0 saturated carbocycles. The van der Waals surface area contributed by atoms with Gasteiger partial charge in [-0.1, -0.05) is 32.8 Å². The Kier molecular flexibility index (Phi) is 3.09. The van der Waals surface area contributed by atoms with Gasteiger partial charge in [-0.05, 0) is 18.4 Å². The van der Waals surface area contributed by atoms with E-state index in [-0.39, 0.29) is 5.41 Å². The maximum absolute atomic E-state index is 2.87. The molecule has 0 aromatic carbocycles. The second-order valence-corrected chi connectivity index (χ2v) is 3.09. The van der Waals surface area contributed by atoms with Crippen molar-refractivity contribution in [1.29, 1.82) is 0 Å². The average molecular weight is 122 g/mol. The maximum Gasteiger partial charge on any atom is -0.00235 e. The van der Waals surface area contributed by atoms with Gasteiger partial charge in [0.2, 0.25) is 0 Å². The summed E-state index contributed by atoms with van der Waals surface area (Å²) in [6.07, 6.45) is 4.00. The molecular weight excluding hydrogens is 108 g/mol. The lowest BCUT2D eigenvalue weighted by Crippen LogP contribution is -1.97. The van der Waals surface area contributed by atoms with Gasteiger partial charge in [-0.3, -0.25) is 0 Å². The van der Waals surface area contributed by atoms with E-state index in [1.54, 1.807) is 0 Å². The molecule has 0 aromatic heterocycles. The molecule has 0 nitrogen and oxygen atoms in total. The van der Waals surface area contributed by atoms with Crippen molar-refractivity contribution in [2.45, 2.75) is 27.7 Å². The molecule has 0 heterocycles. The Labute approximate surface area is 58.0 Å². The van der Waals surface area contributed by atoms with Gasteiger partial charge in [-0.25, -0.2) is 0 Å². The van der Waals surface area contributed by atoms with Crippen LogP contribution in [-0.2, 0) is 0 Å². The van der Waals surface area contributed by atoms with Crippen LogP contribution in [0.1, 0.15) is 27.7 Å². The molecular formula is C9H14. The lowest BCUT2D eigenvalue weighted by atomic mass is 9.96. The van der Waals surface area contributed by atoms with E-state index in [9.17, 15) is 0 Å². The van der Waals surface area contributed by atoms with Gasteiger partial charge < -0.3 is 0 Å². The smallest absolute Gasteiger partial charge is 0.00235 e. The van der Waals surface area contributed by atoms with Crippen molar-refractivity contribution in [1.82, 2.24) is 0 Å². The Hall–Kier alpha value is -0.700. The van der Waals surface area contributed by atoms with E-state index in [4.69, 9.17) is 0 Å². The van der Waals surface area contributed by atoms with Crippen LogP contribution in [0.4, 0.5) is 0 Å². The molecule has 0 heteroatoms. The predicted octanol–water partition coefficient (Wildman–Crippen LogP) is 2.61. The summed E-state index contributed by atoms with van der Waals surface area (Å²) in [5.41, 5.74) is 0.268. The van der Waals surface area contributed by atoms with Crippen LogP contribution >= 0.6 is 0 Å². The van der Waals surface area contributed by atoms with E-state index in [1.165, 1.54) is 0 Å². The zero-order valence-electron chi connectivity index (χ0n) is 6.65. The monoisotopic (exact) mass is 122 g/mol. The maximum atomic E-state index is 2.87. The molecule has 0 saturated heterocycles. The average Bonchev–Trinajstić information content (AvgIpc) is 1.63. The minimum atomic E-state index is 0.268. The number of hydrogen-bond acceptors (Lipinski definition) is 0. The van der Waals surface area contributed by atoms with Crippen LogP contribution < -0.4 is 0 Å². The molecule has 50 valence electrons. The van der Waals surface area contributed by atoms with Crippen molar-refractivity contribution >= 4 is 0 Å². The number of allylic oxidation sites excluding steroid dienone is 2. The standard InChI is InChI=1S/C9H14/c1-5-6-7-8-9(2,3)4/h7-8H,1-4H3. The van der Waals surface area contributed by atoms with E-state index in [0.717, 1.165) is 0 Å². The molecule has 0 fully saturated rings. The lowest BCUT2D eigenvalue weighted by molar-refractivity contribution is 0.544. The van der Waals surface area contributed by atoms with E-state index in [1.807, 2.05) is 13.0 Å². The normalized spacial score (nSPS) is 11.1. The largest absolute Gasteiger partial charge is 0.102 e. The predicted molar refractivity (Wildman–Crippen MR) is 42.0 cm³/mol. The van der Waals surface area contributed by atoms with Crippen molar-refractivity contribution in [2.75, 3.05) is 0 Å². The molecule has 9 heavy (non-hydrogen) atoms. The molecule has 0 bridgehead atoms. The summed E-state index contributed by atoms with van der Waals surface area (Å²) in [4.78, 5) is 0. The Balaban J connectivity index is 3.81. The fourth-order valence-electron chi connectivity index (χ4n) is 0.375. The fraction of sp³-hybridized carbons (Fsp3) is 0.556. The third-order valence-corrected chi connectivity index (χ3v) is 0.811. The fourth-order valence-corrected chi connectivity index (χ4v) is 0.375. The molecule has 0 radical (unpaired) electrons. The minimum Gasteiger partial charge on any atom is -0.102 e. The second kappa shape index (κ2) is 3.35. The highest BCUT2D eigenvalue weighted by atomic mass is 14.1. The Morgan fingerprint density at radius 2 is 1.78 bits per heavy atom. The van der Waals surface area contributed by atoms with Crippen molar-refractivity contribution in [3.63, 3.8) is 0 Å². The zero-order chi connectivity index (χ0) is 7.33. The van der Waals surface area contributed by atoms with Gasteiger partial charge in [0.05, 0.1) is 0 Å². The minimum absolute atomic E-state index is 0.268. The molecule has 0 aliphatic carbocycles. The molecule has 0 amide bonds. The van der Waals surface area contributed by atoms with Crippen LogP contribution in [0.15, 0.2) is 12.2 Å². The van der Waals surface area contributed by atoms with Crippen molar-refractivity contribution in [3.8, 4) is 11.8 Å². The van der Waals surface area contributed by atoms with Crippen LogP contribution in [0.2, 0.25) is 0 Å². The molecule has 0 aliphatic rings. The van der Waals surface area contributed by atoms with Crippen molar-refractivity contribution in [3.05, 3.63) is 12.2 Å². The van der Waals surface area contributed by atoms with Crippen molar-refractivity contribution < 1.29 is 0 Å². The molecule has 0 aromatic rings. The second-order valence-electron chi connectivity index (χ2n) is 3.09. The summed E-state index contributed by atoms with van der Waals surface area (Å²) in [6.45, 7) is 8.30. The number of rotatable bonds is 0. The van der Waals surface area contributed by atoms with Crippen LogP contribution in [-0.4, -0.2) is 0 Å². The summed E-state index contributed by atoms with van der Waals surface area (Å²) >= 11 is 0. The molecule has 0 atom stereocenters. The quantitative estimate of drug-likeness (QED) is 0.433. The highest BCUT2D eigenvalue weighted by molar-refractivity contribution is 5.15. The van der Waals surface area contributed by atoms with Crippen LogP contribution in [0.5, 0.6) is 0 Å². The van der Waals surface area contributed by atoms with Crippen molar-refractivity contribution in [2.24, 2.45) is 5.41 Å². The first-order chi connectivity index (χ1) is 4.06. The van der Waals surface area contributed by atoms with Crippen LogP contribution in [0, 0.1) is 17.3 Å². The zero-order valence-corrected chi connectivity index (χ0v) is 6.65. The van der Waals surface area contributed by atoms with Gasteiger partial charge in [0.1, 0.15) is 0 Å². The van der Waals surface area contributed by atoms with E-state index < -0.39 is 0 Å². The highest BCUT2D eigenvalue weighted by Gasteiger charge is 2.01. The summed E-state index contributed by atoms with van der Waals surface area (Å²) in [6, 6.07) is 0. The van der Waals surface area contributed by atoms with Crippen LogP contribution in [0.3, 0.4) is 0 Å². The molecule has 0 unspecified atom stereocenters. The molecule has 0 aliphatic heterocycles. The van der Waals surface area contributed by atoms with Gasteiger partial charge >= 0.3 is 0 Å². The first-order valence-corrected chi connectivity index (χ1v) is 3.16. The lowest BCUT2D eigenvalue weighted by Gasteiger charge is -2.09. The third-order valence-electron chi connectivity index (χ3n) is 0.811. The third kappa shape index (κ3) is 7.30. The first-order valence-electron chi connectivity index (χ1n) is 3.16. The Morgan fingerprint density at radius 3 is 2.11 bits per heavy atom. The van der Waals surface area contributed by atoms with Gasteiger partial charge in [-0.2, -0.15) is 0 Å². The summed E-state index contributed by atoms with van der Waals surface area (Å²) in [5, 5.41) is 0. The number of hydrogen-bond donors (Lipinski definition) is 0. The van der Waals surface area contributed by atoms with Crippen LogP contribution in [0.25, 0.3) is 0 Å². The molecule has 0 N–H and O–H groups in total. The van der Waals surface area contributed by atoms with E-state index >= 15 is 0 Å². The van der Waals surface area contributed by atoms with Gasteiger partial charge in [0, 0.05) is 0 Å². The topological polar surface area (TPSA) is 0 Å². The summed E-state index contributed by atoms with van der Waals surface area (Å²) in [7, 11) is 0. The Bertz CT molecular complexity index is 145.